The number of hydrogen-bond acceptors (Lipinski definition) is 1. The molecule has 1 amide bonds. The fraction of sp³-hybridized carbons (Fsp3) is 0. The van der Waals surface area contributed by atoms with Gasteiger partial charge in [0.15, 0.2) is 0 Å². The summed E-state index contributed by atoms with van der Waals surface area (Å²) in [5, 5.41) is 1.74. The molecule has 3 heteroatoms. The maximum atomic E-state index is 11.1. The molecule has 1 aromatic carbocycles. The molecule has 0 radical (unpaired) electrons. The zero-order valence-corrected chi connectivity index (χ0v) is 7.86. The molecular weight excluding hydrogens is 217 g/mol. The second-order valence-corrected chi connectivity index (χ2v) is 3.41. The van der Waals surface area contributed by atoms with Crippen LogP contribution in [-0.4, -0.2) is 25.9 Å². The number of carbonyl (C=O) groups is 1. The molecule has 2 nitrogen and oxygen atoms in total. The summed E-state index contributed by atoms with van der Waals surface area (Å²) in [5.74, 6) is -0.186. The van der Waals surface area contributed by atoms with Gasteiger partial charge in [-0.15, -0.1) is 0 Å². The average Bonchev–Trinajstić information content (AvgIpc) is 2.07. The maximum absolute atomic E-state index is 11.1. The van der Waals surface area contributed by atoms with Crippen molar-refractivity contribution in [3.05, 3.63) is 34.8 Å². The molecule has 12 heavy (non-hydrogen) atoms. The van der Waals surface area contributed by atoms with Crippen molar-refractivity contribution in [2.24, 2.45) is 4.99 Å². The van der Waals surface area contributed by atoms with Crippen molar-refractivity contribution < 1.29 is 4.79 Å². The van der Waals surface area contributed by atoms with Crippen LogP contribution in [0.15, 0.2) is 29.3 Å². The standard InChI is InChI=1S/C9H5NOSe/c11-9-8(12)5-6-3-1-2-4-7(6)10-9/h1-5H. The van der Waals surface area contributed by atoms with Crippen LogP contribution in [-0.2, 0) is 4.79 Å². The van der Waals surface area contributed by atoms with Crippen LogP contribution in [0.4, 0.5) is 0 Å². The van der Waals surface area contributed by atoms with Gasteiger partial charge in [-0.05, 0) is 0 Å². The van der Waals surface area contributed by atoms with Gasteiger partial charge in [-0.25, -0.2) is 0 Å². The van der Waals surface area contributed by atoms with Crippen molar-refractivity contribution in [2.45, 2.75) is 0 Å². The van der Waals surface area contributed by atoms with Gasteiger partial charge in [0.05, 0.1) is 0 Å². The molecule has 1 aliphatic heterocycles. The van der Waals surface area contributed by atoms with E-state index in [1.165, 1.54) is 0 Å². The van der Waals surface area contributed by atoms with Gasteiger partial charge >= 0.3 is 76.6 Å². The third-order valence-corrected chi connectivity index (χ3v) is 2.27. The predicted molar refractivity (Wildman–Crippen MR) is 47.5 cm³/mol. The van der Waals surface area contributed by atoms with E-state index in [2.05, 4.69) is 20.6 Å². The van der Waals surface area contributed by atoms with Gasteiger partial charge in [0, 0.05) is 0 Å². The fourth-order valence-electron chi connectivity index (χ4n) is 1.08. The Balaban J connectivity index is 2.87. The Kier molecular flexibility index (Phi) is 1.75. The van der Waals surface area contributed by atoms with Crippen LogP contribution >= 0.6 is 0 Å². The number of benzene rings is 1. The second-order valence-electron chi connectivity index (χ2n) is 2.48. The molecule has 0 bridgehead atoms. The van der Waals surface area contributed by atoms with Gasteiger partial charge in [0.25, 0.3) is 0 Å². The predicted octanol–water partition coefficient (Wildman–Crippen LogP) is -1.03. The van der Waals surface area contributed by atoms with Crippen molar-refractivity contribution in [1.82, 2.24) is 0 Å². The Morgan fingerprint density at radius 3 is 2.83 bits per heavy atom. The Morgan fingerprint density at radius 2 is 2.00 bits per heavy atom. The summed E-state index contributed by atoms with van der Waals surface area (Å²) < 4.78 is 0.578. The van der Waals surface area contributed by atoms with E-state index in [1.807, 2.05) is 30.3 Å². The van der Waals surface area contributed by atoms with Crippen molar-refractivity contribution in [3.63, 3.8) is 0 Å². The van der Waals surface area contributed by atoms with Crippen LogP contribution in [0.2, 0.25) is 0 Å². The van der Waals surface area contributed by atoms with E-state index >= 15 is 0 Å². The summed E-state index contributed by atoms with van der Waals surface area (Å²) in [6.45, 7) is 0. The summed E-state index contributed by atoms with van der Waals surface area (Å²) in [6, 6.07) is 7.56. The van der Waals surface area contributed by atoms with Gasteiger partial charge in [-0.3, -0.25) is 0 Å². The molecule has 0 N–H and O–H groups in total. The van der Waals surface area contributed by atoms with Crippen LogP contribution in [0.3, 0.4) is 0 Å². The minimum absolute atomic E-state index is 0.186. The van der Waals surface area contributed by atoms with Gasteiger partial charge in [-0.1, -0.05) is 0 Å². The number of para-hydroxylation sites is 1. The molecule has 0 atom stereocenters. The topological polar surface area (TPSA) is 29.4 Å². The van der Waals surface area contributed by atoms with E-state index in [0.717, 1.165) is 10.6 Å². The molecule has 0 spiro atoms. The summed E-state index contributed by atoms with van der Waals surface area (Å²) in [4.78, 5) is 15.0. The van der Waals surface area contributed by atoms with Crippen LogP contribution in [0.25, 0.3) is 6.08 Å². The van der Waals surface area contributed by atoms with Gasteiger partial charge in [0.1, 0.15) is 0 Å². The third-order valence-electron chi connectivity index (χ3n) is 1.66. The van der Waals surface area contributed by atoms with Gasteiger partial charge in [0.2, 0.25) is 0 Å². The first-order valence-corrected chi connectivity index (χ1v) is 4.37. The third kappa shape index (κ3) is 1.17. The average molecular weight is 222 g/mol. The van der Waals surface area contributed by atoms with Crippen LogP contribution in [0.1, 0.15) is 0 Å². The Labute approximate surface area is 77.0 Å². The SMILES string of the molecule is O=C1N=c2ccccc2=CC1=[Se]. The van der Waals surface area contributed by atoms with E-state index in [9.17, 15) is 4.79 Å². The fourth-order valence-corrected chi connectivity index (χ4v) is 1.44. The quantitative estimate of drug-likeness (QED) is 0.516. The number of nitrogens with zero attached hydrogens (tertiary/aromatic N) is 1. The molecule has 0 aliphatic carbocycles. The molecule has 1 aromatic rings. The second kappa shape index (κ2) is 2.77. The van der Waals surface area contributed by atoms with Crippen LogP contribution in [0, 0.1) is 0 Å². The molecule has 0 fully saturated rings. The van der Waals surface area contributed by atoms with E-state index in [1.54, 1.807) is 0 Å². The number of hydrogen-bond donors (Lipinski definition) is 0. The molecule has 58 valence electrons. The van der Waals surface area contributed by atoms with Gasteiger partial charge in [-0.2, -0.15) is 0 Å². The molecule has 0 unspecified atom stereocenters. The van der Waals surface area contributed by atoms with Crippen molar-refractivity contribution in [2.75, 3.05) is 0 Å². The minimum atomic E-state index is -0.186. The molecule has 1 aliphatic rings. The summed E-state index contributed by atoms with van der Waals surface area (Å²) in [6.07, 6.45) is 1.81. The monoisotopic (exact) mass is 223 g/mol. The molecular formula is C9H5NOSe. The molecule has 0 aromatic heterocycles. The van der Waals surface area contributed by atoms with Crippen molar-refractivity contribution in [1.29, 1.82) is 0 Å². The van der Waals surface area contributed by atoms with Crippen LogP contribution < -0.4 is 10.6 Å². The number of fused-ring (bicyclic) bond motifs is 1. The number of amides is 1. The van der Waals surface area contributed by atoms with Crippen molar-refractivity contribution >= 4 is 32.0 Å². The Hall–Kier alpha value is -1.05. The van der Waals surface area contributed by atoms with Gasteiger partial charge < -0.3 is 0 Å². The summed E-state index contributed by atoms with van der Waals surface area (Å²) in [7, 11) is 0. The molecule has 0 saturated heterocycles. The normalized spacial score (nSPS) is 14.7. The molecule has 1 heterocycles. The Morgan fingerprint density at radius 1 is 1.25 bits per heavy atom. The summed E-state index contributed by atoms with van der Waals surface area (Å²) >= 11 is 2.69. The van der Waals surface area contributed by atoms with E-state index in [0.29, 0.717) is 4.42 Å². The number of rotatable bonds is 0. The summed E-state index contributed by atoms with van der Waals surface area (Å²) in [5.41, 5.74) is 0. The first-order chi connectivity index (χ1) is 5.77. The van der Waals surface area contributed by atoms with E-state index < -0.39 is 0 Å². The van der Waals surface area contributed by atoms with Crippen LogP contribution in [0.5, 0.6) is 0 Å². The van der Waals surface area contributed by atoms with E-state index in [4.69, 9.17) is 0 Å². The first kappa shape index (κ1) is 7.59. The Bertz CT molecular complexity index is 431. The van der Waals surface area contributed by atoms with E-state index in [-0.39, 0.29) is 5.91 Å². The zero-order chi connectivity index (χ0) is 8.55. The first-order valence-electron chi connectivity index (χ1n) is 3.51. The molecule has 0 saturated carbocycles. The van der Waals surface area contributed by atoms with Crippen molar-refractivity contribution in [3.8, 4) is 0 Å². The zero-order valence-electron chi connectivity index (χ0n) is 6.15. The molecule has 2 rings (SSSR count). The number of carbonyl (C=O) groups excluding carboxylic acids is 1.